The van der Waals surface area contributed by atoms with Gasteiger partial charge in [0.05, 0.1) is 12.0 Å². The number of nitrogens with one attached hydrogen (secondary N) is 1. The van der Waals surface area contributed by atoms with E-state index < -0.39 is 0 Å². The molecule has 2 aromatic rings. The highest BCUT2D eigenvalue weighted by atomic mass is 16.3. The van der Waals surface area contributed by atoms with Crippen LogP contribution in [0, 0.1) is 0 Å². The van der Waals surface area contributed by atoms with Gasteiger partial charge in [-0.25, -0.2) is 0 Å². The first kappa shape index (κ1) is 10.3. The number of carbonyl (C=O) groups is 1. The van der Waals surface area contributed by atoms with Crippen molar-refractivity contribution in [3.05, 3.63) is 54.0 Å². The number of rotatable bonds is 3. The van der Waals surface area contributed by atoms with Gasteiger partial charge in [-0.15, -0.1) is 0 Å². The lowest BCUT2D eigenvalue weighted by Gasteiger charge is -2.03. The summed E-state index contributed by atoms with van der Waals surface area (Å²) in [6.45, 7) is 0.458. The number of carbonyl (C=O) groups excluding carboxylic acids is 1. The van der Waals surface area contributed by atoms with Crippen LogP contribution in [0.3, 0.4) is 0 Å². The summed E-state index contributed by atoms with van der Waals surface area (Å²) in [5.74, 6) is -0.137. The molecular formula is C12H12N2O2. The zero-order valence-electron chi connectivity index (χ0n) is 8.64. The minimum Gasteiger partial charge on any atom is -0.457 e. The molecule has 0 saturated heterocycles. The van der Waals surface area contributed by atoms with E-state index in [0.29, 0.717) is 12.2 Å². The molecule has 0 spiro atoms. The molecule has 0 fully saturated rings. The minimum atomic E-state index is -0.300. The molecule has 1 aromatic heterocycles. The molecule has 0 atom stereocenters. The molecule has 0 radical (unpaired) electrons. The number of nitrogens with two attached hydrogens (primary N) is 1. The van der Waals surface area contributed by atoms with Crippen LogP contribution < -0.4 is 11.1 Å². The van der Waals surface area contributed by atoms with E-state index in [0.717, 1.165) is 5.56 Å². The summed E-state index contributed by atoms with van der Waals surface area (Å²) >= 11 is 0. The maximum Gasteiger partial charge on any atom is 0.289 e. The van der Waals surface area contributed by atoms with Crippen LogP contribution in [0.25, 0.3) is 0 Å². The number of benzene rings is 1. The third-order valence-corrected chi connectivity index (χ3v) is 2.20. The first-order valence-corrected chi connectivity index (χ1v) is 4.92. The summed E-state index contributed by atoms with van der Waals surface area (Å²) in [7, 11) is 0. The van der Waals surface area contributed by atoms with Crippen molar-refractivity contribution in [1.82, 2.24) is 5.32 Å². The van der Waals surface area contributed by atoms with Gasteiger partial charge < -0.3 is 15.5 Å². The van der Waals surface area contributed by atoms with Crippen molar-refractivity contribution in [3.63, 3.8) is 0 Å². The average Bonchev–Trinajstić information content (AvgIpc) is 2.74. The maximum absolute atomic E-state index is 11.6. The van der Waals surface area contributed by atoms with Crippen molar-refractivity contribution in [2.45, 2.75) is 6.54 Å². The fraction of sp³-hybridized carbons (Fsp3) is 0.0833. The first-order chi connectivity index (χ1) is 7.77. The lowest BCUT2D eigenvalue weighted by Crippen LogP contribution is -2.23. The van der Waals surface area contributed by atoms with E-state index in [1.165, 1.54) is 6.26 Å². The monoisotopic (exact) mass is 216 g/mol. The van der Waals surface area contributed by atoms with Gasteiger partial charge in [0.2, 0.25) is 5.76 Å². The second-order valence-corrected chi connectivity index (χ2v) is 3.37. The van der Waals surface area contributed by atoms with E-state index >= 15 is 0 Å². The number of furan rings is 1. The van der Waals surface area contributed by atoms with E-state index in [2.05, 4.69) is 5.32 Å². The van der Waals surface area contributed by atoms with Crippen LogP contribution in [0.2, 0.25) is 0 Å². The number of hydrogen-bond acceptors (Lipinski definition) is 3. The van der Waals surface area contributed by atoms with Crippen LogP contribution >= 0.6 is 0 Å². The SMILES string of the molecule is Nc1ccoc1C(=O)NCc1ccccc1. The van der Waals surface area contributed by atoms with Gasteiger partial charge in [-0.05, 0) is 5.56 Å². The standard InChI is InChI=1S/C12H12N2O2/c13-10-6-7-16-11(10)12(15)14-8-9-4-2-1-3-5-9/h1-7H,8,13H2,(H,14,15). The molecule has 0 unspecified atom stereocenters. The number of nitrogen functional groups attached to an aromatic ring is 1. The highest BCUT2D eigenvalue weighted by Crippen LogP contribution is 2.12. The molecule has 0 aliphatic heterocycles. The maximum atomic E-state index is 11.6. The molecule has 4 heteroatoms. The zero-order chi connectivity index (χ0) is 11.4. The predicted octanol–water partition coefficient (Wildman–Crippen LogP) is 1.79. The van der Waals surface area contributed by atoms with Gasteiger partial charge in [0.1, 0.15) is 0 Å². The van der Waals surface area contributed by atoms with Crippen molar-refractivity contribution in [2.75, 3.05) is 5.73 Å². The van der Waals surface area contributed by atoms with E-state index in [1.807, 2.05) is 30.3 Å². The summed E-state index contributed by atoms with van der Waals surface area (Å²) in [5.41, 5.74) is 6.94. The molecule has 1 aromatic carbocycles. The molecule has 82 valence electrons. The van der Waals surface area contributed by atoms with Gasteiger partial charge in [-0.2, -0.15) is 0 Å². The number of amides is 1. The Labute approximate surface area is 93.1 Å². The highest BCUT2D eigenvalue weighted by Gasteiger charge is 2.12. The quantitative estimate of drug-likeness (QED) is 0.821. The van der Waals surface area contributed by atoms with Gasteiger partial charge in [-0.1, -0.05) is 30.3 Å². The smallest absolute Gasteiger partial charge is 0.289 e. The van der Waals surface area contributed by atoms with E-state index in [-0.39, 0.29) is 11.7 Å². The molecule has 0 bridgehead atoms. The Morgan fingerprint density at radius 2 is 2.00 bits per heavy atom. The molecule has 0 aliphatic carbocycles. The molecule has 16 heavy (non-hydrogen) atoms. The zero-order valence-corrected chi connectivity index (χ0v) is 8.64. The molecular weight excluding hydrogens is 204 g/mol. The minimum absolute atomic E-state index is 0.163. The summed E-state index contributed by atoms with van der Waals surface area (Å²) in [6, 6.07) is 11.2. The number of hydrogen-bond donors (Lipinski definition) is 2. The predicted molar refractivity (Wildman–Crippen MR) is 60.7 cm³/mol. The van der Waals surface area contributed by atoms with Crippen LogP contribution in [0.5, 0.6) is 0 Å². The fourth-order valence-corrected chi connectivity index (χ4v) is 1.36. The Morgan fingerprint density at radius 3 is 2.62 bits per heavy atom. The topological polar surface area (TPSA) is 68.3 Å². The second-order valence-electron chi connectivity index (χ2n) is 3.37. The lowest BCUT2D eigenvalue weighted by molar-refractivity contribution is 0.0924. The van der Waals surface area contributed by atoms with Crippen molar-refractivity contribution in [3.8, 4) is 0 Å². The van der Waals surface area contributed by atoms with Gasteiger partial charge >= 0.3 is 0 Å². The third kappa shape index (κ3) is 2.23. The largest absolute Gasteiger partial charge is 0.457 e. The van der Waals surface area contributed by atoms with Gasteiger partial charge in [-0.3, -0.25) is 4.79 Å². The fourth-order valence-electron chi connectivity index (χ4n) is 1.36. The van der Waals surface area contributed by atoms with Crippen LogP contribution in [0.1, 0.15) is 16.1 Å². The van der Waals surface area contributed by atoms with E-state index in [9.17, 15) is 4.79 Å². The highest BCUT2D eigenvalue weighted by molar-refractivity contribution is 5.96. The molecule has 0 saturated carbocycles. The van der Waals surface area contributed by atoms with Crippen LogP contribution in [0.4, 0.5) is 5.69 Å². The van der Waals surface area contributed by atoms with Crippen molar-refractivity contribution < 1.29 is 9.21 Å². The van der Waals surface area contributed by atoms with E-state index in [4.69, 9.17) is 10.2 Å². The van der Waals surface area contributed by atoms with Crippen molar-refractivity contribution >= 4 is 11.6 Å². The van der Waals surface area contributed by atoms with Crippen LogP contribution in [-0.4, -0.2) is 5.91 Å². The second kappa shape index (κ2) is 4.53. The molecule has 1 amide bonds. The molecule has 3 N–H and O–H groups in total. The third-order valence-electron chi connectivity index (χ3n) is 2.20. The van der Waals surface area contributed by atoms with Crippen LogP contribution in [-0.2, 0) is 6.54 Å². The summed E-state index contributed by atoms with van der Waals surface area (Å²) in [4.78, 5) is 11.6. The summed E-state index contributed by atoms with van der Waals surface area (Å²) < 4.78 is 4.98. The van der Waals surface area contributed by atoms with Crippen LogP contribution in [0.15, 0.2) is 47.1 Å². The number of anilines is 1. The Balaban J connectivity index is 1.97. The van der Waals surface area contributed by atoms with Crippen molar-refractivity contribution in [1.29, 1.82) is 0 Å². The Morgan fingerprint density at radius 1 is 1.25 bits per heavy atom. The Kier molecular flexibility index (Phi) is 2.91. The molecule has 2 rings (SSSR count). The Bertz CT molecular complexity index is 477. The van der Waals surface area contributed by atoms with Gasteiger partial charge in [0, 0.05) is 12.6 Å². The van der Waals surface area contributed by atoms with E-state index in [1.54, 1.807) is 6.07 Å². The normalized spacial score (nSPS) is 10.0. The average molecular weight is 216 g/mol. The van der Waals surface area contributed by atoms with Gasteiger partial charge in [0.25, 0.3) is 5.91 Å². The molecule has 1 heterocycles. The lowest BCUT2D eigenvalue weighted by atomic mass is 10.2. The Hall–Kier alpha value is -2.23. The summed E-state index contributed by atoms with van der Waals surface area (Å²) in [5, 5.41) is 2.73. The van der Waals surface area contributed by atoms with Crippen molar-refractivity contribution in [2.24, 2.45) is 0 Å². The van der Waals surface area contributed by atoms with Gasteiger partial charge in [0.15, 0.2) is 0 Å². The molecule has 0 aliphatic rings. The molecule has 4 nitrogen and oxygen atoms in total. The summed E-state index contributed by atoms with van der Waals surface area (Å²) in [6.07, 6.45) is 1.40. The first-order valence-electron chi connectivity index (χ1n) is 4.92.